The molecule has 1 atom stereocenters. The lowest BCUT2D eigenvalue weighted by atomic mass is 10.1. The van der Waals surface area contributed by atoms with Crippen molar-refractivity contribution in [2.75, 3.05) is 6.54 Å². The van der Waals surface area contributed by atoms with Crippen LogP contribution in [-0.2, 0) is 11.3 Å². The Labute approximate surface area is 84.5 Å². The molecule has 1 aliphatic heterocycles. The van der Waals surface area contributed by atoms with Gasteiger partial charge in [-0.15, -0.1) is 0 Å². The van der Waals surface area contributed by atoms with Gasteiger partial charge in [0.1, 0.15) is 6.23 Å². The zero-order chi connectivity index (χ0) is 9.64. The van der Waals surface area contributed by atoms with E-state index in [4.69, 9.17) is 4.74 Å². The van der Waals surface area contributed by atoms with E-state index in [9.17, 15) is 0 Å². The van der Waals surface area contributed by atoms with Crippen LogP contribution in [0.15, 0.2) is 24.4 Å². The van der Waals surface area contributed by atoms with E-state index < -0.39 is 0 Å². The van der Waals surface area contributed by atoms with Crippen LogP contribution in [0.5, 0.6) is 0 Å². The standard InChI is InChI=1S/C11H15N2O/c1-3-7-12-10(5-1)9-14-11-6-2-4-8-13-11/h1,3,5,7,11H,2,4,6,8-9H2. The summed E-state index contributed by atoms with van der Waals surface area (Å²) < 4.78 is 5.64. The van der Waals surface area contributed by atoms with Crippen molar-refractivity contribution in [2.45, 2.75) is 32.1 Å². The number of aromatic nitrogens is 1. The maximum absolute atomic E-state index is 5.64. The number of nitrogens with zero attached hydrogens (tertiary/aromatic N) is 2. The SMILES string of the molecule is c1ccc(COC2CCCC[N]2)nc1. The molecule has 1 unspecified atom stereocenters. The Bertz CT molecular complexity index is 257. The predicted molar refractivity (Wildman–Crippen MR) is 53.7 cm³/mol. The average molecular weight is 191 g/mol. The summed E-state index contributed by atoms with van der Waals surface area (Å²) in [6.45, 7) is 1.53. The van der Waals surface area contributed by atoms with Gasteiger partial charge in [0.25, 0.3) is 0 Å². The van der Waals surface area contributed by atoms with Gasteiger partial charge >= 0.3 is 0 Å². The smallest absolute Gasteiger partial charge is 0.123 e. The van der Waals surface area contributed by atoms with Crippen molar-refractivity contribution >= 4 is 0 Å². The van der Waals surface area contributed by atoms with Crippen LogP contribution in [0.2, 0.25) is 0 Å². The molecule has 75 valence electrons. The first kappa shape index (κ1) is 9.62. The summed E-state index contributed by atoms with van der Waals surface area (Å²) in [5.74, 6) is 0. The quantitative estimate of drug-likeness (QED) is 0.729. The Kier molecular flexibility index (Phi) is 3.49. The van der Waals surface area contributed by atoms with Crippen LogP contribution in [0.3, 0.4) is 0 Å². The molecule has 0 amide bonds. The molecule has 2 rings (SSSR count). The Morgan fingerprint density at radius 1 is 1.36 bits per heavy atom. The molecule has 0 aliphatic carbocycles. The molecule has 1 fully saturated rings. The van der Waals surface area contributed by atoms with E-state index in [0.717, 1.165) is 18.7 Å². The van der Waals surface area contributed by atoms with Crippen molar-refractivity contribution in [1.82, 2.24) is 10.3 Å². The highest BCUT2D eigenvalue weighted by molar-refractivity contribution is 5.01. The van der Waals surface area contributed by atoms with Gasteiger partial charge < -0.3 is 4.74 Å². The van der Waals surface area contributed by atoms with Gasteiger partial charge in [-0.25, -0.2) is 5.32 Å². The fourth-order valence-electron chi connectivity index (χ4n) is 1.56. The lowest BCUT2D eigenvalue weighted by molar-refractivity contribution is -0.00307. The third-order valence-electron chi connectivity index (χ3n) is 2.34. The van der Waals surface area contributed by atoms with Gasteiger partial charge in [-0.05, 0) is 31.4 Å². The molecule has 14 heavy (non-hydrogen) atoms. The molecular weight excluding hydrogens is 176 g/mol. The summed E-state index contributed by atoms with van der Waals surface area (Å²) in [6, 6.07) is 5.86. The minimum absolute atomic E-state index is 0.103. The van der Waals surface area contributed by atoms with Crippen molar-refractivity contribution in [1.29, 1.82) is 0 Å². The normalized spacial score (nSPS) is 22.1. The second-order valence-corrected chi connectivity index (χ2v) is 3.49. The Balaban J connectivity index is 1.76. The molecule has 0 saturated carbocycles. The fraction of sp³-hybridized carbons (Fsp3) is 0.545. The average Bonchev–Trinajstić information content (AvgIpc) is 2.29. The molecule has 1 aromatic heterocycles. The first-order valence-corrected chi connectivity index (χ1v) is 5.13. The summed E-state index contributed by atoms with van der Waals surface area (Å²) in [4.78, 5) is 4.20. The minimum atomic E-state index is 0.103. The van der Waals surface area contributed by atoms with Crippen LogP contribution in [-0.4, -0.2) is 17.8 Å². The lowest BCUT2D eigenvalue weighted by Gasteiger charge is -2.21. The van der Waals surface area contributed by atoms with E-state index in [1.165, 1.54) is 12.8 Å². The lowest BCUT2D eigenvalue weighted by Crippen LogP contribution is -2.30. The fourth-order valence-corrected chi connectivity index (χ4v) is 1.56. The number of hydrogen-bond acceptors (Lipinski definition) is 2. The van der Waals surface area contributed by atoms with Gasteiger partial charge in [-0.2, -0.15) is 0 Å². The van der Waals surface area contributed by atoms with Crippen LogP contribution in [0.25, 0.3) is 0 Å². The second-order valence-electron chi connectivity index (χ2n) is 3.49. The highest BCUT2D eigenvalue weighted by atomic mass is 16.5. The monoisotopic (exact) mass is 191 g/mol. The highest BCUT2D eigenvalue weighted by Crippen LogP contribution is 2.11. The molecule has 3 nitrogen and oxygen atoms in total. The maximum atomic E-state index is 5.64. The van der Waals surface area contributed by atoms with E-state index in [0.29, 0.717) is 6.61 Å². The van der Waals surface area contributed by atoms with E-state index in [2.05, 4.69) is 10.3 Å². The van der Waals surface area contributed by atoms with Crippen molar-refractivity contribution in [3.63, 3.8) is 0 Å². The molecule has 3 heteroatoms. The van der Waals surface area contributed by atoms with E-state index in [-0.39, 0.29) is 6.23 Å². The topological polar surface area (TPSA) is 36.2 Å². The summed E-state index contributed by atoms with van der Waals surface area (Å²) in [5.41, 5.74) is 0.980. The van der Waals surface area contributed by atoms with E-state index >= 15 is 0 Å². The van der Waals surface area contributed by atoms with Gasteiger partial charge in [-0.3, -0.25) is 4.98 Å². The van der Waals surface area contributed by atoms with Crippen LogP contribution in [0, 0.1) is 0 Å². The summed E-state index contributed by atoms with van der Waals surface area (Å²) in [7, 11) is 0. The van der Waals surface area contributed by atoms with Gasteiger partial charge in [0.2, 0.25) is 0 Å². The third kappa shape index (κ3) is 2.79. The van der Waals surface area contributed by atoms with Crippen molar-refractivity contribution < 1.29 is 4.74 Å². The largest absolute Gasteiger partial charge is 0.356 e. The molecule has 0 N–H and O–H groups in total. The Morgan fingerprint density at radius 2 is 2.36 bits per heavy atom. The molecule has 0 bridgehead atoms. The molecule has 1 aliphatic rings. The van der Waals surface area contributed by atoms with Crippen LogP contribution in [0.4, 0.5) is 0 Å². The Hall–Kier alpha value is -0.930. The number of pyridine rings is 1. The number of piperidine rings is 1. The number of ether oxygens (including phenoxy) is 1. The van der Waals surface area contributed by atoms with Crippen molar-refractivity contribution in [3.8, 4) is 0 Å². The Morgan fingerprint density at radius 3 is 3.07 bits per heavy atom. The summed E-state index contributed by atoms with van der Waals surface area (Å²) in [6.07, 6.45) is 5.40. The molecule has 1 radical (unpaired) electrons. The summed E-state index contributed by atoms with van der Waals surface area (Å²) >= 11 is 0. The van der Waals surface area contributed by atoms with Crippen LogP contribution >= 0.6 is 0 Å². The highest BCUT2D eigenvalue weighted by Gasteiger charge is 2.13. The first-order valence-electron chi connectivity index (χ1n) is 5.13. The van der Waals surface area contributed by atoms with Gasteiger partial charge in [0, 0.05) is 12.7 Å². The molecule has 2 heterocycles. The molecular formula is C11H15N2O. The molecule has 0 spiro atoms. The first-order chi connectivity index (χ1) is 6.95. The zero-order valence-electron chi connectivity index (χ0n) is 8.22. The second kappa shape index (κ2) is 5.08. The third-order valence-corrected chi connectivity index (χ3v) is 2.34. The van der Waals surface area contributed by atoms with E-state index in [1.54, 1.807) is 6.20 Å². The van der Waals surface area contributed by atoms with Gasteiger partial charge in [-0.1, -0.05) is 6.07 Å². The summed E-state index contributed by atoms with van der Waals surface area (Å²) in [5, 5.41) is 4.39. The molecule has 0 aromatic carbocycles. The van der Waals surface area contributed by atoms with Crippen LogP contribution < -0.4 is 5.32 Å². The maximum Gasteiger partial charge on any atom is 0.123 e. The number of rotatable bonds is 3. The minimum Gasteiger partial charge on any atom is -0.356 e. The van der Waals surface area contributed by atoms with Gasteiger partial charge in [0.15, 0.2) is 0 Å². The number of hydrogen-bond donors (Lipinski definition) is 0. The zero-order valence-corrected chi connectivity index (χ0v) is 8.22. The van der Waals surface area contributed by atoms with Crippen LogP contribution in [0.1, 0.15) is 25.0 Å². The van der Waals surface area contributed by atoms with Gasteiger partial charge in [0.05, 0.1) is 12.3 Å². The van der Waals surface area contributed by atoms with Crippen molar-refractivity contribution in [2.24, 2.45) is 0 Å². The van der Waals surface area contributed by atoms with Crippen molar-refractivity contribution in [3.05, 3.63) is 30.1 Å². The predicted octanol–water partition coefficient (Wildman–Crippen LogP) is 1.71. The molecule has 1 aromatic rings. The molecule has 1 saturated heterocycles. The van der Waals surface area contributed by atoms with E-state index in [1.807, 2.05) is 18.2 Å².